The topological polar surface area (TPSA) is 50.7 Å². The number of rotatable bonds is 13. The molecular weight excluding hydrogens is 443 g/mol. The molecule has 0 aromatic heterocycles. The van der Waals surface area contributed by atoms with Crippen LogP contribution in [0, 0.1) is 6.92 Å². The first-order valence-electron chi connectivity index (χ1n) is 11.6. The number of nitrogens with one attached hydrogen (secondary N) is 1. The van der Waals surface area contributed by atoms with Crippen molar-refractivity contribution in [3.63, 3.8) is 0 Å². The van der Waals surface area contributed by atoms with Gasteiger partial charge in [0.05, 0.1) is 15.8 Å². The minimum Gasteiger partial charge on any atom is -0.297 e. The fourth-order valence-electron chi connectivity index (χ4n) is 3.40. The molecule has 32 heavy (non-hydrogen) atoms. The summed E-state index contributed by atoms with van der Waals surface area (Å²) >= 11 is 11.9. The molecule has 174 valence electrons. The van der Waals surface area contributed by atoms with Gasteiger partial charge in [-0.3, -0.25) is 10.2 Å². The Bertz CT molecular complexity index is 867. The molecule has 4 nitrogen and oxygen atoms in total. The summed E-state index contributed by atoms with van der Waals surface area (Å²) in [5.74, 6) is 0. The van der Waals surface area contributed by atoms with Crippen LogP contribution in [0.2, 0.25) is 10.0 Å². The van der Waals surface area contributed by atoms with E-state index in [1.165, 1.54) is 50.5 Å². The first-order valence-corrected chi connectivity index (χ1v) is 12.3. The van der Waals surface area contributed by atoms with Gasteiger partial charge in [-0.25, -0.2) is 4.79 Å². The molecule has 2 aromatic carbocycles. The number of carbonyl (C=O) groups excluding carboxylic acids is 1. The molecule has 0 saturated heterocycles. The maximum Gasteiger partial charge on any atom is 0.437 e. The zero-order valence-electron chi connectivity index (χ0n) is 19.1. The molecule has 0 aliphatic rings. The summed E-state index contributed by atoms with van der Waals surface area (Å²) in [6.45, 7) is 4.29. The minimum atomic E-state index is -0.667. The second-order valence-electron chi connectivity index (χ2n) is 8.12. The number of anilines is 1. The minimum absolute atomic E-state index is 0.360. The number of benzene rings is 2. The molecular formula is C26H34Cl2N2O2. The predicted molar refractivity (Wildman–Crippen MR) is 136 cm³/mol. The lowest BCUT2D eigenvalue weighted by Crippen LogP contribution is -2.13. The van der Waals surface area contributed by atoms with Gasteiger partial charge in [0.2, 0.25) is 0 Å². The van der Waals surface area contributed by atoms with E-state index in [9.17, 15) is 4.79 Å². The third-order valence-electron chi connectivity index (χ3n) is 5.31. The summed E-state index contributed by atoms with van der Waals surface area (Å²) in [4.78, 5) is 17.4. The maximum absolute atomic E-state index is 12.2. The second-order valence-corrected chi connectivity index (χ2v) is 8.93. The molecule has 2 rings (SSSR count). The SMILES string of the molecule is CCCCCCCCCCC/C(=N\OC(=O)Nc1ccc(Cl)c(Cl)c1)c1ccc(C)cc1. The first kappa shape index (κ1) is 26.2. The van der Waals surface area contributed by atoms with Gasteiger partial charge in [0.25, 0.3) is 0 Å². The molecule has 0 radical (unpaired) electrons. The van der Waals surface area contributed by atoms with Gasteiger partial charge in [-0.1, -0.05) is 116 Å². The van der Waals surface area contributed by atoms with Crippen molar-refractivity contribution in [1.29, 1.82) is 0 Å². The summed E-state index contributed by atoms with van der Waals surface area (Å²) in [6, 6.07) is 12.9. The molecule has 0 aliphatic carbocycles. The Balaban J connectivity index is 1.87. The quantitative estimate of drug-likeness (QED) is 0.135. The van der Waals surface area contributed by atoms with Crippen LogP contribution in [-0.2, 0) is 4.84 Å². The Labute approximate surface area is 202 Å². The fraction of sp³-hybridized carbons (Fsp3) is 0.462. The van der Waals surface area contributed by atoms with Crippen molar-refractivity contribution in [2.45, 2.75) is 78.1 Å². The van der Waals surface area contributed by atoms with E-state index in [1.807, 2.05) is 31.2 Å². The van der Waals surface area contributed by atoms with Gasteiger partial charge in [0.1, 0.15) is 0 Å². The Kier molecular flexibility index (Phi) is 12.2. The molecule has 0 unspecified atom stereocenters. The van der Waals surface area contributed by atoms with Gasteiger partial charge in [-0.2, -0.15) is 0 Å². The highest BCUT2D eigenvalue weighted by Crippen LogP contribution is 2.25. The Morgan fingerprint density at radius 1 is 0.875 bits per heavy atom. The third kappa shape index (κ3) is 10.1. The van der Waals surface area contributed by atoms with Gasteiger partial charge < -0.3 is 0 Å². The van der Waals surface area contributed by atoms with Crippen LogP contribution in [0.4, 0.5) is 10.5 Å². The second kappa shape index (κ2) is 14.9. The van der Waals surface area contributed by atoms with Crippen molar-refractivity contribution in [3.05, 3.63) is 63.6 Å². The summed E-state index contributed by atoms with van der Waals surface area (Å²) < 4.78 is 0. The van der Waals surface area contributed by atoms with Crippen molar-refractivity contribution in [3.8, 4) is 0 Å². The van der Waals surface area contributed by atoms with Crippen molar-refractivity contribution < 1.29 is 9.63 Å². The lowest BCUT2D eigenvalue weighted by Gasteiger charge is -2.08. The van der Waals surface area contributed by atoms with E-state index in [1.54, 1.807) is 18.2 Å². The average Bonchev–Trinajstić information content (AvgIpc) is 2.78. The van der Waals surface area contributed by atoms with E-state index in [0.29, 0.717) is 15.7 Å². The van der Waals surface area contributed by atoms with Crippen LogP contribution in [-0.4, -0.2) is 11.8 Å². The lowest BCUT2D eigenvalue weighted by atomic mass is 10.0. The number of hydrogen-bond acceptors (Lipinski definition) is 3. The number of hydrogen-bond donors (Lipinski definition) is 1. The molecule has 0 heterocycles. The van der Waals surface area contributed by atoms with Crippen LogP contribution < -0.4 is 5.32 Å². The Hall–Kier alpha value is -2.04. The number of carbonyl (C=O) groups is 1. The van der Waals surface area contributed by atoms with E-state index in [4.69, 9.17) is 28.0 Å². The van der Waals surface area contributed by atoms with Crippen molar-refractivity contribution in [2.75, 3.05) is 5.32 Å². The van der Waals surface area contributed by atoms with E-state index in [2.05, 4.69) is 17.4 Å². The number of amides is 1. The molecule has 0 fully saturated rings. The maximum atomic E-state index is 12.2. The van der Waals surface area contributed by atoms with Crippen LogP contribution in [0.15, 0.2) is 47.6 Å². The summed E-state index contributed by atoms with van der Waals surface area (Å²) in [5.41, 5.74) is 3.42. The first-order chi connectivity index (χ1) is 15.5. The van der Waals surface area contributed by atoms with Crippen LogP contribution in [0.1, 0.15) is 82.3 Å². The van der Waals surface area contributed by atoms with E-state index in [0.717, 1.165) is 30.5 Å². The zero-order valence-corrected chi connectivity index (χ0v) is 20.6. The predicted octanol–water partition coefficient (Wildman–Crippen LogP) is 9.18. The fourth-order valence-corrected chi connectivity index (χ4v) is 3.70. The number of oxime groups is 1. The highest BCUT2D eigenvalue weighted by molar-refractivity contribution is 6.42. The summed E-state index contributed by atoms with van der Waals surface area (Å²) in [7, 11) is 0. The molecule has 0 saturated carbocycles. The zero-order chi connectivity index (χ0) is 23.2. The Morgan fingerprint density at radius 2 is 1.50 bits per heavy atom. The average molecular weight is 477 g/mol. The number of unbranched alkanes of at least 4 members (excludes halogenated alkanes) is 8. The van der Waals surface area contributed by atoms with Gasteiger partial charge in [-0.05, 0) is 43.5 Å². The van der Waals surface area contributed by atoms with E-state index < -0.39 is 6.09 Å². The Morgan fingerprint density at radius 3 is 2.12 bits per heavy atom. The number of halogens is 2. The lowest BCUT2D eigenvalue weighted by molar-refractivity contribution is 0.166. The van der Waals surface area contributed by atoms with Crippen molar-refractivity contribution in [2.24, 2.45) is 5.16 Å². The number of nitrogens with zero attached hydrogens (tertiary/aromatic N) is 1. The van der Waals surface area contributed by atoms with Crippen LogP contribution >= 0.6 is 23.2 Å². The molecule has 0 bridgehead atoms. The van der Waals surface area contributed by atoms with Crippen LogP contribution in [0.3, 0.4) is 0 Å². The van der Waals surface area contributed by atoms with E-state index >= 15 is 0 Å². The summed E-state index contributed by atoms with van der Waals surface area (Å²) in [6.07, 6.45) is 11.4. The van der Waals surface area contributed by atoms with Crippen LogP contribution in [0.5, 0.6) is 0 Å². The monoisotopic (exact) mass is 476 g/mol. The number of aryl methyl sites for hydroxylation is 1. The van der Waals surface area contributed by atoms with Gasteiger partial charge in [-0.15, -0.1) is 0 Å². The smallest absolute Gasteiger partial charge is 0.297 e. The van der Waals surface area contributed by atoms with Gasteiger partial charge in [0, 0.05) is 5.69 Å². The molecule has 0 aliphatic heterocycles. The highest BCUT2D eigenvalue weighted by atomic mass is 35.5. The van der Waals surface area contributed by atoms with E-state index in [-0.39, 0.29) is 0 Å². The van der Waals surface area contributed by atoms with Crippen molar-refractivity contribution >= 4 is 40.7 Å². The summed E-state index contributed by atoms with van der Waals surface area (Å²) in [5, 5.41) is 7.57. The molecule has 0 spiro atoms. The molecule has 1 N–H and O–H groups in total. The molecule has 6 heteroatoms. The molecule has 0 atom stereocenters. The van der Waals surface area contributed by atoms with Crippen molar-refractivity contribution in [1.82, 2.24) is 0 Å². The van der Waals surface area contributed by atoms with Gasteiger partial charge >= 0.3 is 6.09 Å². The normalized spacial score (nSPS) is 11.4. The van der Waals surface area contributed by atoms with Gasteiger partial charge in [0.15, 0.2) is 0 Å². The third-order valence-corrected chi connectivity index (χ3v) is 6.05. The largest absolute Gasteiger partial charge is 0.437 e. The molecule has 1 amide bonds. The standard InChI is InChI=1S/C26H34Cl2N2O2/c1-3-4-5-6-7-8-9-10-11-12-25(21-15-13-20(2)14-16-21)30-32-26(31)29-22-17-18-23(27)24(28)19-22/h13-19H,3-12H2,1-2H3,(H,29,31)/b30-25+. The highest BCUT2D eigenvalue weighted by Gasteiger charge is 2.09. The molecule has 2 aromatic rings. The van der Waals surface area contributed by atoms with Crippen LogP contribution in [0.25, 0.3) is 0 Å².